The summed E-state index contributed by atoms with van der Waals surface area (Å²) in [6.45, 7) is 2.02. The number of nitrogens with two attached hydrogens (primary N) is 1. The molecule has 2 aliphatic rings. The zero-order valence-electron chi connectivity index (χ0n) is 15.9. The van der Waals surface area contributed by atoms with Crippen LogP contribution in [0, 0.1) is 17.8 Å². The largest absolute Gasteiger partial charge is 0.346 e. The summed E-state index contributed by atoms with van der Waals surface area (Å²) in [6, 6.07) is 8.28. The number of rotatable bonds is 3. The van der Waals surface area contributed by atoms with Crippen molar-refractivity contribution < 1.29 is 4.79 Å². The van der Waals surface area contributed by atoms with Crippen LogP contribution in [0.1, 0.15) is 50.9 Å². The van der Waals surface area contributed by atoms with Gasteiger partial charge in [0.05, 0.1) is 17.1 Å². The van der Waals surface area contributed by atoms with Gasteiger partial charge in [-0.1, -0.05) is 18.6 Å². The van der Waals surface area contributed by atoms with Crippen LogP contribution < -0.4 is 11.1 Å². The van der Waals surface area contributed by atoms with Crippen molar-refractivity contribution in [1.82, 2.24) is 14.9 Å². The zero-order valence-corrected chi connectivity index (χ0v) is 17.6. The molecule has 7 heteroatoms. The lowest BCUT2D eigenvalue weighted by atomic mass is 9.65. The number of nitrogens with zero attached hydrogens (tertiary/aromatic N) is 2. The highest BCUT2D eigenvalue weighted by atomic mass is 35.5. The second kappa shape index (κ2) is 8.80. The first-order valence-electron chi connectivity index (χ1n) is 9.52. The van der Waals surface area contributed by atoms with Crippen LogP contribution in [0.15, 0.2) is 24.3 Å². The summed E-state index contributed by atoms with van der Waals surface area (Å²) in [6.07, 6.45) is 5.52. The van der Waals surface area contributed by atoms with Gasteiger partial charge in [-0.25, -0.2) is 4.98 Å². The summed E-state index contributed by atoms with van der Waals surface area (Å²) in [4.78, 5) is 17.6. The number of aryl methyl sites for hydroxylation is 1. The Balaban J connectivity index is 0.00000131. The number of benzene rings is 1. The molecule has 0 aliphatic heterocycles. The minimum atomic E-state index is -0.0969. The first-order valence-corrected chi connectivity index (χ1v) is 9.52. The first kappa shape index (κ1) is 22.0. The topological polar surface area (TPSA) is 72.9 Å². The van der Waals surface area contributed by atoms with Crippen molar-refractivity contribution in [3.05, 3.63) is 30.1 Å². The van der Waals surface area contributed by atoms with Gasteiger partial charge in [0, 0.05) is 19.0 Å². The summed E-state index contributed by atoms with van der Waals surface area (Å²) in [5.74, 6) is 2.22. The molecule has 3 atom stereocenters. The van der Waals surface area contributed by atoms with Crippen LogP contribution in [0.4, 0.5) is 0 Å². The number of amides is 1. The van der Waals surface area contributed by atoms with Crippen molar-refractivity contribution in [2.45, 2.75) is 51.1 Å². The Morgan fingerprint density at radius 3 is 2.48 bits per heavy atom. The maximum absolute atomic E-state index is 12.9. The van der Waals surface area contributed by atoms with Crippen molar-refractivity contribution in [1.29, 1.82) is 0 Å². The van der Waals surface area contributed by atoms with E-state index in [4.69, 9.17) is 10.7 Å². The van der Waals surface area contributed by atoms with Gasteiger partial charge in [0.1, 0.15) is 5.82 Å². The highest BCUT2D eigenvalue weighted by Gasteiger charge is 2.40. The fraction of sp³-hybridized carbons (Fsp3) is 0.600. The molecule has 2 bridgehead atoms. The van der Waals surface area contributed by atoms with Crippen LogP contribution in [0.3, 0.4) is 0 Å². The van der Waals surface area contributed by atoms with Crippen molar-refractivity contribution in [3.8, 4) is 0 Å². The van der Waals surface area contributed by atoms with Crippen molar-refractivity contribution in [2.75, 3.05) is 0 Å². The van der Waals surface area contributed by atoms with Gasteiger partial charge < -0.3 is 15.6 Å². The molecule has 1 heterocycles. The fourth-order valence-corrected chi connectivity index (χ4v) is 4.95. The van der Waals surface area contributed by atoms with E-state index in [0.717, 1.165) is 29.7 Å². The molecule has 2 aromatic rings. The normalized spacial score (nSPS) is 28.0. The molecule has 1 aromatic carbocycles. The summed E-state index contributed by atoms with van der Waals surface area (Å²) in [5.41, 5.74) is 8.42. The molecule has 0 saturated heterocycles. The predicted octanol–water partition coefficient (Wildman–Crippen LogP) is 3.75. The van der Waals surface area contributed by atoms with Crippen molar-refractivity contribution >= 4 is 41.8 Å². The lowest BCUT2D eigenvalue weighted by Gasteiger charge is -2.43. The average molecular weight is 413 g/mol. The molecule has 1 aromatic heterocycles. The Labute approximate surface area is 173 Å². The number of carbonyl (C=O) groups is 1. The van der Waals surface area contributed by atoms with E-state index in [1.165, 1.54) is 19.3 Å². The summed E-state index contributed by atoms with van der Waals surface area (Å²) in [5, 5.41) is 3.21. The monoisotopic (exact) mass is 412 g/mol. The zero-order chi connectivity index (χ0) is 17.6. The van der Waals surface area contributed by atoms with E-state index in [1.807, 2.05) is 32.2 Å². The minimum Gasteiger partial charge on any atom is -0.346 e. The summed E-state index contributed by atoms with van der Waals surface area (Å²) in [7, 11) is 2.01. The molecule has 2 fully saturated rings. The van der Waals surface area contributed by atoms with Crippen LogP contribution in [0.5, 0.6) is 0 Å². The summed E-state index contributed by atoms with van der Waals surface area (Å²) >= 11 is 0. The summed E-state index contributed by atoms with van der Waals surface area (Å²) < 4.78 is 2.08. The van der Waals surface area contributed by atoms with Crippen LogP contribution >= 0.6 is 24.8 Å². The molecule has 2 aliphatic carbocycles. The molecule has 0 spiro atoms. The van der Waals surface area contributed by atoms with Gasteiger partial charge in [-0.3, -0.25) is 4.79 Å². The van der Waals surface area contributed by atoms with Gasteiger partial charge >= 0.3 is 0 Å². The molecule has 4 rings (SSSR count). The molecule has 2 saturated carbocycles. The first-order chi connectivity index (χ1) is 12.0. The third-order valence-corrected chi connectivity index (χ3v) is 6.35. The minimum absolute atomic E-state index is 0. The maximum atomic E-state index is 12.9. The Bertz CT molecular complexity index is 779. The van der Waals surface area contributed by atoms with E-state index in [2.05, 4.69) is 16.0 Å². The van der Waals surface area contributed by atoms with Gasteiger partial charge in [0.2, 0.25) is 5.91 Å². The molecule has 27 heavy (non-hydrogen) atoms. The molecule has 0 radical (unpaired) electrons. The number of nitrogens with one attached hydrogen (secondary N) is 1. The van der Waals surface area contributed by atoms with E-state index >= 15 is 0 Å². The molecule has 1 amide bonds. The molecule has 5 nitrogen and oxygen atoms in total. The number of carbonyl (C=O) groups excluding carboxylic acids is 1. The van der Waals surface area contributed by atoms with Crippen LogP contribution in [0.25, 0.3) is 11.0 Å². The highest BCUT2D eigenvalue weighted by Crippen LogP contribution is 2.42. The SMILES string of the molecule is CC(NC(=O)C1CC2CCCC(C1)C2N)c1nc2ccccc2n1C.Cl.Cl. The molecule has 150 valence electrons. The van der Waals surface area contributed by atoms with Gasteiger partial charge in [-0.2, -0.15) is 0 Å². The average Bonchev–Trinajstić information content (AvgIpc) is 2.92. The number of hydrogen-bond acceptors (Lipinski definition) is 3. The van der Waals surface area contributed by atoms with E-state index in [-0.39, 0.29) is 42.7 Å². The Morgan fingerprint density at radius 1 is 1.22 bits per heavy atom. The molecule has 3 unspecified atom stereocenters. The van der Waals surface area contributed by atoms with E-state index in [9.17, 15) is 4.79 Å². The fourth-order valence-electron chi connectivity index (χ4n) is 4.95. The van der Waals surface area contributed by atoms with Crippen LogP contribution in [0.2, 0.25) is 0 Å². The van der Waals surface area contributed by atoms with Gasteiger partial charge in [-0.05, 0) is 56.6 Å². The van der Waals surface area contributed by atoms with Gasteiger partial charge in [0.25, 0.3) is 0 Å². The second-order valence-corrected chi connectivity index (χ2v) is 7.94. The molecule has 3 N–H and O–H groups in total. The van der Waals surface area contributed by atoms with Crippen LogP contribution in [-0.2, 0) is 11.8 Å². The Kier molecular flexibility index (Phi) is 7.17. The maximum Gasteiger partial charge on any atom is 0.223 e. The standard InChI is InChI=1S/C20H28N4O.2ClH/c1-12(19-23-16-8-3-4-9-17(16)24(19)2)22-20(25)15-10-13-6-5-7-14(11-15)18(13)21;;/h3-4,8-9,12-15,18H,5-7,10-11,21H2,1-2H3,(H,22,25);2*1H. The number of fused-ring (bicyclic) bond motifs is 3. The Morgan fingerprint density at radius 2 is 1.85 bits per heavy atom. The third-order valence-electron chi connectivity index (χ3n) is 6.35. The van der Waals surface area contributed by atoms with E-state index in [1.54, 1.807) is 0 Å². The van der Waals surface area contributed by atoms with E-state index < -0.39 is 0 Å². The van der Waals surface area contributed by atoms with Gasteiger partial charge in [-0.15, -0.1) is 24.8 Å². The lowest BCUT2D eigenvalue weighted by molar-refractivity contribution is -0.128. The third kappa shape index (κ3) is 4.10. The number of halogens is 2. The number of imidazole rings is 1. The highest BCUT2D eigenvalue weighted by molar-refractivity contribution is 5.85. The van der Waals surface area contributed by atoms with Crippen LogP contribution in [-0.4, -0.2) is 21.5 Å². The van der Waals surface area contributed by atoms with Crippen molar-refractivity contribution in [2.24, 2.45) is 30.5 Å². The lowest BCUT2D eigenvalue weighted by Crippen LogP contribution is -2.49. The quantitative estimate of drug-likeness (QED) is 0.805. The van der Waals surface area contributed by atoms with Gasteiger partial charge in [0.15, 0.2) is 0 Å². The number of para-hydroxylation sites is 2. The number of hydrogen-bond donors (Lipinski definition) is 2. The molecular weight excluding hydrogens is 383 g/mol. The smallest absolute Gasteiger partial charge is 0.223 e. The predicted molar refractivity (Wildman–Crippen MR) is 113 cm³/mol. The molecular formula is C20H30Cl2N4O. The second-order valence-electron chi connectivity index (χ2n) is 7.94. The number of aromatic nitrogens is 2. The Hall–Kier alpha value is -1.30. The van der Waals surface area contributed by atoms with E-state index in [0.29, 0.717) is 17.9 Å². The van der Waals surface area contributed by atoms with Crippen molar-refractivity contribution in [3.63, 3.8) is 0 Å².